The number of fused-ring (bicyclic) bond motifs is 1. The zero-order chi connectivity index (χ0) is 11.0. The molecule has 2 N–H and O–H groups in total. The van der Waals surface area contributed by atoms with Gasteiger partial charge in [0.05, 0.1) is 17.6 Å². The van der Waals surface area contributed by atoms with E-state index in [2.05, 4.69) is 10.1 Å². The van der Waals surface area contributed by atoms with E-state index in [0.29, 0.717) is 12.5 Å². The number of hydrogen-bond acceptors (Lipinski definition) is 4. The van der Waals surface area contributed by atoms with E-state index in [9.17, 15) is 0 Å². The van der Waals surface area contributed by atoms with Crippen LogP contribution in [0.1, 0.15) is 5.69 Å². The Balaban J connectivity index is 2.12. The third-order valence-electron chi connectivity index (χ3n) is 2.50. The fourth-order valence-electron chi connectivity index (χ4n) is 1.74. The van der Waals surface area contributed by atoms with Crippen LogP contribution >= 0.6 is 0 Å². The average molecular weight is 214 g/mol. The zero-order valence-corrected chi connectivity index (χ0v) is 8.50. The van der Waals surface area contributed by atoms with Crippen molar-refractivity contribution in [2.75, 3.05) is 5.73 Å². The van der Waals surface area contributed by atoms with Gasteiger partial charge in [0.25, 0.3) is 0 Å². The van der Waals surface area contributed by atoms with Gasteiger partial charge >= 0.3 is 0 Å². The topological polar surface area (TPSA) is 69.9 Å². The SMILES string of the molecule is Nc1nc2ccccc2n1Cc1ccon1. The molecule has 0 bridgehead atoms. The molecule has 5 heteroatoms. The number of anilines is 1. The lowest BCUT2D eigenvalue weighted by atomic mass is 10.3. The van der Waals surface area contributed by atoms with Crippen molar-refractivity contribution in [1.82, 2.24) is 14.7 Å². The van der Waals surface area contributed by atoms with Crippen LogP contribution in [0.25, 0.3) is 11.0 Å². The van der Waals surface area contributed by atoms with Crippen LogP contribution in [0.15, 0.2) is 41.1 Å². The third kappa shape index (κ3) is 1.33. The summed E-state index contributed by atoms with van der Waals surface area (Å²) in [5.74, 6) is 0.490. The van der Waals surface area contributed by atoms with E-state index >= 15 is 0 Å². The number of rotatable bonds is 2. The summed E-state index contributed by atoms with van der Waals surface area (Å²) >= 11 is 0. The second-order valence-electron chi connectivity index (χ2n) is 3.54. The number of imidazole rings is 1. The minimum atomic E-state index is 0.490. The van der Waals surface area contributed by atoms with Crippen LogP contribution in [-0.2, 0) is 6.54 Å². The zero-order valence-electron chi connectivity index (χ0n) is 8.50. The molecule has 1 aromatic carbocycles. The molecule has 0 spiro atoms. The lowest BCUT2D eigenvalue weighted by molar-refractivity contribution is 0.410. The second kappa shape index (κ2) is 3.37. The normalized spacial score (nSPS) is 11.0. The highest BCUT2D eigenvalue weighted by molar-refractivity contribution is 5.78. The van der Waals surface area contributed by atoms with Gasteiger partial charge < -0.3 is 14.8 Å². The van der Waals surface area contributed by atoms with Gasteiger partial charge in [0.15, 0.2) is 0 Å². The van der Waals surface area contributed by atoms with Crippen LogP contribution in [0, 0.1) is 0 Å². The summed E-state index contributed by atoms with van der Waals surface area (Å²) < 4.78 is 6.70. The minimum absolute atomic E-state index is 0.490. The maximum absolute atomic E-state index is 5.86. The van der Waals surface area contributed by atoms with Crippen molar-refractivity contribution < 1.29 is 4.52 Å². The summed E-state index contributed by atoms with van der Waals surface area (Å²) in [5, 5.41) is 3.86. The van der Waals surface area contributed by atoms with Gasteiger partial charge in [-0.15, -0.1) is 0 Å². The predicted octanol–water partition coefficient (Wildman–Crippen LogP) is 1.65. The van der Waals surface area contributed by atoms with Crippen LogP contribution in [-0.4, -0.2) is 14.7 Å². The Morgan fingerprint density at radius 2 is 2.12 bits per heavy atom. The van der Waals surface area contributed by atoms with Gasteiger partial charge in [0.1, 0.15) is 12.0 Å². The van der Waals surface area contributed by atoms with Crippen LogP contribution in [0.2, 0.25) is 0 Å². The molecule has 0 radical (unpaired) electrons. The van der Waals surface area contributed by atoms with Crippen molar-refractivity contribution in [3.8, 4) is 0 Å². The molecule has 16 heavy (non-hydrogen) atoms. The first-order chi connectivity index (χ1) is 7.84. The van der Waals surface area contributed by atoms with Crippen molar-refractivity contribution in [2.24, 2.45) is 0 Å². The van der Waals surface area contributed by atoms with E-state index < -0.39 is 0 Å². The Morgan fingerprint density at radius 1 is 1.25 bits per heavy atom. The molecule has 0 aliphatic rings. The molecular weight excluding hydrogens is 204 g/mol. The largest absolute Gasteiger partial charge is 0.369 e. The summed E-state index contributed by atoms with van der Waals surface area (Å²) in [4.78, 5) is 4.28. The molecule has 3 rings (SSSR count). The number of hydrogen-bond donors (Lipinski definition) is 1. The number of nitrogens with two attached hydrogens (primary N) is 1. The molecule has 2 aromatic heterocycles. The van der Waals surface area contributed by atoms with E-state index in [1.54, 1.807) is 6.26 Å². The number of nitrogens with zero attached hydrogens (tertiary/aromatic N) is 3. The molecule has 0 unspecified atom stereocenters. The summed E-state index contributed by atoms with van der Waals surface area (Å²) in [6, 6.07) is 9.63. The van der Waals surface area contributed by atoms with Crippen LogP contribution < -0.4 is 5.73 Å². The third-order valence-corrected chi connectivity index (χ3v) is 2.50. The smallest absolute Gasteiger partial charge is 0.201 e. The minimum Gasteiger partial charge on any atom is -0.369 e. The second-order valence-corrected chi connectivity index (χ2v) is 3.54. The molecule has 0 aliphatic heterocycles. The van der Waals surface area contributed by atoms with Gasteiger partial charge in [-0.05, 0) is 12.1 Å². The van der Waals surface area contributed by atoms with Crippen LogP contribution in [0.3, 0.4) is 0 Å². The molecule has 0 saturated heterocycles. The van der Waals surface area contributed by atoms with Crippen molar-refractivity contribution in [1.29, 1.82) is 0 Å². The monoisotopic (exact) mass is 214 g/mol. The maximum Gasteiger partial charge on any atom is 0.201 e. The van der Waals surface area contributed by atoms with E-state index in [1.165, 1.54) is 0 Å². The van der Waals surface area contributed by atoms with Gasteiger partial charge in [-0.25, -0.2) is 4.98 Å². The first-order valence-electron chi connectivity index (χ1n) is 4.94. The Morgan fingerprint density at radius 3 is 2.94 bits per heavy atom. The predicted molar refractivity (Wildman–Crippen MR) is 59.8 cm³/mol. The highest BCUT2D eigenvalue weighted by Crippen LogP contribution is 2.18. The van der Waals surface area contributed by atoms with Gasteiger partial charge in [0.2, 0.25) is 5.95 Å². The Kier molecular flexibility index (Phi) is 1.89. The number of benzene rings is 1. The molecule has 0 fully saturated rings. The highest BCUT2D eigenvalue weighted by Gasteiger charge is 2.08. The summed E-state index contributed by atoms with van der Waals surface area (Å²) in [5.41, 5.74) is 8.59. The fraction of sp³-hybridized carbons (Fsp3) is 0.0909. The molecular formula is C11H10N4O. The Bertz CT molecular complexity index is 612. The fourth-order valence-corrected chi connectivity index (χ4v) is 1.74. The molecule has 0 aliphatic carbocycles. The van der Waals surface area contributed by atoms with Crippen molar-refractivity contribution in [3.63, 3.8) is 0 Å². The molecule has 0 saturated carbocycles. The van der Waals surface area contributed by atoms with E-state index in [4.69, 9.17) is 10.3 Å². The van der Waals surface area contributed by atoms with Crippen LogP contribution in [0.4, 0.5) is 5.95 Å². The number of para-hydroxylation sites is 2. The molecule has 0 atom stereocenters. The first kappa shape index (κ1) is 8.96. The lowest BCUT2D eigenvalue weighted by Crippen LogP contribution is -2.04. The first-order valence-corrected chi connectivity index (χ1v) is 4.94. The van der Waals surface area contributed by atoms with E-state index in [1.807, 2.05) is 34.9 Å². The van der Waals surface area contributed by atoms with Crippen molar-refractivity contribution in [2.45, 2.75) is 6.54 Å². The summed E-state index contributed by atoms with van der Waals surface area (Å²) in [6.45, 7) is 0.572. The van der Waals surface area contributed by atoms with Crippen molar-refractivity contribution >= 4 is 17.0 Å². The van der Waals surface area contributed by atoms with Gasteiger partial charge in [-0.1, -0.05) is 17.3 Å². The molecule has 0 amide bonds. The quantitative estimate of drug-likeness (QED) is 0.704. The standard InChI is InChI=1S/C11H10N4O/c12-11-13-9-3-1-2-4-10(9)15(11)7-8-5-6-16-14-8/h1-6H,7H2,(H2,12,13). The summed E-state index contributed by atoms with van der Waals surface area (Å²) in [6.07, 6.45) is 1.55. The van der Waals surface area contributed by atoms with E-state index in [0.717, 1.165) is 16.7 Å². The average Bonchev–Trinajstić information content (AvgIpc) is 2.89. The van der Waals surface area contributed by atoms with Crippen molar-refractivity contribution in [3.05, 3.63) is 42.3 Å². The molecule has 2 heterocycles. The van der Waals surface area contributed by atoms with Crippen LogP contribution in [0.5, 0.6) is 0 Å². The molecule has 5 nitrogen and oxygen atoms in total. The van der Waals surface area contributed by atoms with Gasteiger partial charge in [-0.2, -0.15) is 0 Å². The molecule has 3 aromatic rings. The molecule has 80 valence electrons. The van der Waals surface area contributed by atoms with Gasteiger partial charge in [-0.3, -0.25) is 0 Å². The lowest BCUT2D eigenvalue weighted by Gasteiger charge is -2.02. The van der Waals surface area contributed by atoms with Gasteiger partial charge in [0, 0.05) is 6.07 Å². The Hall–Kier alpha value is -2.30. The number of aromatic nitrogens is 3. The number of nitrogen functional groups attached to an aromatic ring is 1. The highest BCUT2D eigenvalue weighted by atomic mass is 16.5. The van der Waals surface area contributed by atoms with E-state index in [-0.39, 0.29) is 0 Å². The maximum atomic E-state index is 5.86. The Labute approximate surface area is 91.5 Å². The summed E-state index contributed by atoms with van der Waals surface area (Å²) in [7, 11) is 0.